The molecule has 0 amide bonds. The number of hydrogen-bond acceptors (Lipinski definition) is 28. The average Bonchev–Trinajstić information content (AvgIpc) is 0.682. The fourth-order valence-corrected chi connectivity index (χ4v) is 18.4. The standard InChI is InChI=1S/C61H98O28/c1-24-37(64)41(68)45(72)53(83-24)84-47-33(22-80-26(3)62)87-60(78,50(76)46(47)73)82-23-32-40(67)43(70)49(75)61(79,86-32)89-52(77)29-20-54(4,5)19-28-27(29)13-17-57(9)30(28)11-12-35-56(8)16-15-36(55(6,7)34(56)14-18-58(35,57)10)88-59(48(74)42(69)38(65)25(2)85-59)51-44(71)39(66)31(63)21-81-51/h11,24-25,27-29,31-51,53,63-76,78-79H,12-23H2,1-10H3. The smallest absolute Gasteiger partial charge is 0.357 e. The summed E-state index contributed by atoms with van der Waals surface area (Å²) < 4.78 is 57.9. The van der Waals surface area contributed by atoms with Crippen molar-refractivity contribution in [1.29, 1.82) is 0 Å². The van der Waals surface area contributed by atoms with Crippen molar-refractivity contribution in [3.8, 4) is 0 Å². The molecule has 28 nitrogen and oxygen atoms in total. The topological polar surface area (TPSA) is 450 Å². The second kappa shape index (κ2) is 24.4. The number of carbonyl (C=O) groups is 2. The molecule has 89 heavy (non-hydrogen) atoms. The maximum Gasteiger partial charge on any atom is 0.357 e. The van der Waals surface area contributed by atoms with E-state index in [1.54, 1.807) is 0 Å². The predicted octanol–water partition coefficient (Wildman–Crippen LogP) is -3.06. The van der Waals surface area contributed by atoms with E-state index >= 15 is 0 Å². The zero-order chi connectivity index (χ0) is 65.6. The molecule has 28 heteroatoms. The highest BCUT2D eigenvalue weighted by molar-refractivity contribution is 5.74. The third-order valence-electron chi connectivity index (χ3n) is 23.6. The van der Waals surface area contributed by atoms with E-state index in [0.29, 0.717) is 44.9 Å². The molecule has 33 atom stereocenters. The number of aliphatic hydroxyl groups is 16. The van der Waals surface area contributed by atoms with Crippen molar-refractivity contribution in [3.63, 3.8) is 0 Å². The second-order valence-corrected chi connectivity index (χ2v) is 29.8. The van der Waals surface area contributed by atoms with Crippen LogP contribution in [-0.2, 0) is 57.0 Å². The van der Waals surface area contributed by atoms with Crippen LogP contribution in [0, 0.1) is 56.7 Å². The summed E-state index contributed by atoms with van der Waals surface area (Å²) in [5, 5.41) is 178. The average molecular weight is 1280 g/mol. The van der Waals surface area contributed by atoms with Crippen LogP contribution in [0.15, 0.2) is 11.6 Å². The maximum absolute atomic E-state index is 14.9. The molecule has 9 fully saturated rings. The van der Waals surface area contributed by atoms with Gasteiger partial charge < -0.3 is 129 Å². The zero-order valence-corrected chi connectivity index (χ0v) is 52.2. The minimum atomic E-state index is -3.34. The SMILES string of the molecule is CC(=O)OCC1OC(O)(OCC2OC(O)(OC(=O)C3CC(C)(C)CC4C5=CCC6C7(C)CCC(OC8(C9OCC(O)C(O)C9O)OC(C)C(O)C(O)C8O)C(C)(C)C7CCC6(C)C5(C)CCC34)C(O)C(O)C2O)C(O)C(O)C1OC1OC(C)C(O)C(O)C1O. The van der Waals surface area contributed by atoms with Gasteiger partial charge in [-0.15, -0.1) is 0 Å². The molecule has 5 heterocycles. The van der Waals surface area contributed by atoms with E-state index in [2.05, 4.69) is 40.7 Å². The number of rotatable bonds is 12. The summed E-state index contributed by atoms with van der Waals surface area (Å²) in [5.74, 6) is -11.9. The Morgan fingerprint density at radius 2 is 1.27 bits per heavy atom. The largest absolute Gasteiger partial charge is 0.463 e. The summed E-state index contributed by atoms with van der Waals surface area (Å²) in [7, 11) is 0. The summed E-state index contributed by atoms with van der Waals surface area (Å²) >= 11 is 0. The minimum absolute atomic E-state index is 0.0277. The molecule has 0 aromatic heterocycles. The van der Waals surface area contributed by atoms with Crippen LogP contribution >= 0.6 is 0 Å². The first-order valence-electron chi connectivity index (χ1n) is 31.6. The van der Waals surface area contributed by atoms with Crippen LogP contribution in [0.4, 0.5) is 0 Å². The lowest BCUT2D eigenvalue weighted by Crippen LogP contribution is -2.75. The van der Waals surface area contributed by atoms with Gasteiger partial charge in [0, 0.05) is 6.92 Å². The van der Waals surface area contributed by atoms with Gasteiger partial charge in [0.1, 0.15) is 104 Å². The Hall–Kier alpha value is -2.28. The van der Waals surface area contributed by atoms with Crippen LogP contribution in [0.25, 0.3) is 0 Å². The van der Waals surface area contributed by atoms with Crippen molar-refractivity contribution in [2.24, 2.45) is 56.7 Å². The Balaban J connectivity index is 0.844. The van der Waals surface area contributed by atoms with E-state index in [0.717, 1.165) is 19.8 Å². The highest BCUT2D eigenvalue weighted by atomic mass is 16.9. The first-order valence-corrected chi connectivity index (χ1v) is 31.6. The van der Waals surface area contributed by atoms with Gasteiger partial charge in [0.25, 0.3) is 0 Å². The van der Waals surface area contributed by atoms with Gasteiger partial charge in [-0.2, -0.15) is 0 Å². The lowest BCUT2D eigenvalue weighted by molar-refractivity contribution is -0.473. The Labute approximate surface area is 516 Å². The van der Waals surface area contributed by atoms with Gasteiger partial charge in [0.05, 0.1) is 37.4 Å². The van der Waals surface area contributed by atoms with Crippen LogP contribution in [0.1, 0.15) is 127 Å². The fraction of sp³-hybridized carbons (Fsp3) is 0.934. The number of aliphatic hydroxyl groups excluding tert-OH is 14. The summed E-state index contributed by atoms with van der Waals surface area (Å²) in [6.45, 7) is 16.9. The predicted molar refractivity (Wildman–Crippen MR) is 298 cm³/mol. The summed E-state index contributed by atoms with van der Waals surface area (Å²) in [5.41, 5.74) is -0.791. The van der Waals surface area contributed by atoms with Crippen molar-refractivity contribution < 1.29 is 139 Å². The quantitative estimate of drug-likeness (QED) is 0.0399. The van der Waals surface area contributed by atoms with Gasteiger partial charge >= 0.3 is 23.9 Å². The van der Waals surface area contributed by atoms with Crippen molar-refractivity contribution in [1.82, 2.24) is 0 Å². The van der Waals surface area contributed by atoms with Crippen LogP contribution in [0.2, 0.25) is 0 Å². The van der Waals surface area contributed by atoms with Gasteiger partial charge in [0.15, 0.2) is 18.5 Å². The van der Waals surface area contributed by atoms with Crippen LogP contribution < -0.4 is 0 Å². The molecule has 0 aromatic rings. The highest BCUT2D eigenvalue weighted by Gasteiger charge is 2.71. The Morgan fingerprint density at radius 1 is 0.629 bits per heavy atom. The molecule has 10 rings (SSSR count). The summed E-state index contributed by atoms with van der Waals surface area (Å²) in [6.07, 6.45) is -30.6. The molecule has 0 aromatic carbocycles. The molecule has 5 aliphatic carbocycles. The first-order chi connectivity index (χ1) is 41.2. The number of allylic oxidation sites excluding steroid dienone is 2. The molecule has 10 aliphatic rings. The van der Waals surface area contributed by atoms with Crippen LogP contribution in [-0.4, -0.2) is 266 Å². The van der Waals surface area contributed by atoms with Gasteiger partial charge in [0.2, 0.25) is 5.79 Å². The third-order valence-corrected chi connectivity index (χ3v) is 23.6. The van der Waals surface area contributed by atoms with E-state index in [-0.39, 0.29) is 39.9 Å². The third kappa shape index (κ3) is 11.5. The molecular formula is C61H98O28. The molecule has 5 saturated heterocycles. The molecule has 0 radical (unpaired) electrons. The molecule has 5 aliphatic heterocycles. The molecule has 0 spiro atoms. The molecular weight excluding hydrogens is 1180 g/mol. The number of esters is 2. The molecule has 33 unspecified atom stereocenters. The van der Waals surface area contributed by atoms with Crippen LogP contribution in [0.3, 0.4) is 0 Å². The van der Waals surface area contributed by atoms with Gasteiger partial charge in [-0.25, -0.2) is 0 Å². The van der Waals surface area contributed by atoms with E-state index in [4.69, 9.17) is 47.4 Å². The highest BCUT2D eigenvalue weighted by Crippen LogP contribution is 2.75. The van der Waals surface area contributed by atoms with Crippen molar-refractivity contribution in [3.05, 3.63) is 11.6 Å². The number of carbonyl (C=O) groups excluding carboxylic acids is 2. The van der Waals surface area contributed by atoms with Gasteiger partial charge in [-0.1, -0.05) is 60.1 Å². The molecule has 16 N–H and O–H groups in total. The monoisotopic (exact) mass is 1280 g/mol. The van der Waals surface area contributed by atoms with E-state index in [1.807, 2.05) is 13.8 Å². The van der Waals surface area contributed by atoms with Crippen molar-refractivity contribution in [2.45, 2.75) is 279 Å². The first kappa shape index (κ1) is 69.5. The Kier molecular flexibility index (Phi) is 19.1. The molecule has 0 bridgehead atoms. The second-order valence-electron chi connectivity index (χ2n) is 29.8. The number of ether oxygens (including phenoxy) is 10. The molecule has 510 valence electrons. The zero-order valence-electron chi connectivity index (χ0n) is 52.2. The Morgan fingerprint density at radius 3 is 1.94 bits per heavy atom. The van der Waals surface area contributed by atoms with E-state index < -0.39 is 201 Å². The van der Waals surface area contributed by atoms with Crippen LogP contribution in [0.5, 0.6) is 0 Å². The van der Waals surface area contributed by atoms with Gasteiger partial charge in [-0.05, 0) is 122 Å². The van der Waals surface area contributed by atoms with E-state index in [9.17, 15) is 91.3 Å². The fourth-order valence-electron chi connectivity index (χ4n) is 18.4. The number of hydrogen-bond donors (Lipinski definition) is 16. The lowest BCUT2D eigenvalue weighted by Gasteiger charge is -2.71. The van der Waals surface area contributed by atoms with E-state index in [1.165, 1.54) is 19.4 Å². The van der Waals surface area contributed by atoms with Gasteiger partial charge in [-0.3, -0.25) is 9.59 Å². The Bertz CT molecular complexity index is 2590. The molecule has 4 saturated carbocycles. The maximum atomic E-state index is 14.9. The summed E-state index contributed by atoms with van der Waals surface area (Å²) in [6, 6.07) is 0. The minimum Gasteiger partial charge on any atom is -0.463 e. The number of fused-ring (bicyclic) bond motifs is 7. The summed E-state index contributed by atoms with van der Waals surface area (Å²) in [4.78, 5) is 26.8. The lowest BCUT2D eigenvalue weighted by atomic mass is 9.34. The normalized spacial score (nSPS) is 54.7. The van der Waals surface area contributed by atoms with Crippen molar-refractivity contribution in [2.75, 3.05) is 19.8 Å². The van der Waals surface area contributed by atoms with Crippen molar-refractivity contribution >= 4 is 11.9 Å².